The Kier molecular flexibility index (Phi) is 5.75. The van der Waals surface area contributed by atoms with Crippen LogP contribution in [0.5, 0.6) is 23.0 Å². The number of aliphatic hydroxyl groups is 1. The van der Waals surface area contributed by atoms with E-state index in [1.54, 1.807) is 44.2 Å². The summed E-state index contributed by atoms with van der Waals surface area (Å²) in [6.45, 7) is 3.59. The molecule has 1 saturated carbocycles. The minimum Gasteiger partial charge on any atom is -0.491 e. The second-order valence-corrected chi connectivity index (χ2v) is 9.60. The van der Waals surface area contributed by atoms with E-state index < -0.39 is 5.60 Å². The third-order valence-corrected chi connectivity index (χ3v) is 6.09. The highest BCUT2D eigenvalue weighted by Gasteiger charge is 2.31. The molecule has 33 heavy (non-hydrogen) atoms. The summed E-state index contributed by atoms with van der Waals surface area (Å²) in [4.78, 5) is 0. The van der Waals surface area contributed by atoms with Crippen LogP contribution >= 0.6 is 0 Å². The monoisotopic (exact) mass is 448 g/mol. The fraction of sp³-hybridized carbons (Fsp3) is 0.357. The summed E-state index contributed by atoms with van der Waals surface area (Å²) < 4.78 is 32.7. The van der Waals surface area contributed by atoms with E-state index in [0.29, 0.717) is 41.6 Å². The molecule has 3 aromatic rings. The van der Waals surface area contributed by atoms with Crippen LogP contribution in [0.2, 0.25) is 0 Å². The van der Waals surface area contributed by atoms with Crippen LogP contribution in [0.3, 0.4) is 0 Å². The van der Waals surface area contributed by atoms with Crippen molar-refractivity contribution in [1.82, 2.24) is 0 Å². The highest BCUT2D eigenvalue weighted by Crippen LogP contribution is 2.44. The van der Waals surface area contributed by atoms with E-state index in [-0.39, 0.29) is 18.5 Å². The molecule has 2 aliphatic rings. The van der Waals surface area contributed by atoms with Gasteiger partial charge in [0.05, 0.1) is 5.60 Å². The zero-order valence-electron chi connectivity index (χ0n) is 19.0. The Balaban J connectivity index is 1.29. The van der Waals surface area contributed by atoms with Crippen molar-refractivity contribution in [2.75, 3.05) is 6.61 Å². The van der Waals surface area contributed by atoms with Crippen molar-refractivity contribution in [2.45, 2.75) is 57.2 Å². The Labute approximate surface area is 193 Å². The third-order valence-electron chi connectivity index (χ3n) is 6.09. The van der Waals surface area contributed by atoms with Gasteiger partial charge in [0.15, 0.2) is 0 Å². The van der Waals surface area contributed by atoms with Gasteiger partial charge < -0.3 is 19.3 Å². The number of fused-ring (bicyclic) bond motifs is 1. The number of ether oxygens (including phenoxy) is 3. The van der Waals surface area contributed by atoms with Gasteiger partial charge in [-0.15, -0.1) is 0 Å². The maximum absolute atomic E-state index is 14.8. The Morgan fingerprint density at radius 3 is 2.21 bits per heavy atom. The molecule has 0 amide bonds. The molecular weight excluding hydrogens is 419 g/mol. The summed E-state index contributed by atoms with van der Waals surface area (Å²) in [5, 5.41) is 9.80. The molecule has 0 aromatic heterocycles. The van der Waals surface area contributed by atoms with Crippen LogP contribution < -0.4 is 14.2 Å². The molecule has 5 heteroatoms. The molecule has 0 radical (unpaired) electrons. The van der Waals surface area contributed by atoms with E-state index in [0.717, 1.165) is 11.3 Å². The molecule has 1 atom stereocenters. The van der Waals surface area contributed by atoms with E-state index >= 15 is 0 Å². The van der Waals surface area contributed by atoms with Crippen molar-refractivity contribution in [3.8, 4) is 23.0 Å². The molecule has 0 aliphatic heterocycles. The van der Waals surface area contributed by atoms with Crippen molar-refractivity contribution in [3.05, 3.63) is 83.2 Å². The molecule has 0 saturated heterocycles. The summed E-state index contributed by atoms with van der Waals surface area (Å²) in [5.41, 5.74) is 1.90. The van der Waals surface area contributed by atoms with Crippen LogP contribution in [-0.4, -0.2) is 17.3 Å². The lowest BCUT2D eigenvalue weighted by Gasteiger charge is -2.18. The van der Waals surface area contributed by atoms with Gasteiger partial charge in [-0.05, 0) is 99.5 Å². The number of rotatable bonds is 8. The highest BCUT2D eigenvalue weighted by atomic mass is 19.1. The van der Waals surface area contributed by atoms with Gasteiger partial charge in [0.25, 0.3) is 0 Å². The Hall–Kier alpha value is -3.05. The molecular formula is C28H29FO4. The molecule has 1 N–H and O–H groups in total. The molecule has 2 aliphatic carbocycles. The van der Waals surface area contributed by atoms with Gasteiger partial charge in [-0.2, -0.15) is 0 Å². The second kappa shape index (κ2) is 8.71. The van der Waals surface area contributed by atoms with E-state index in [9.17, 15) is 9.50 Å². The SMILES string of the molecule is CC(C)(O)COc1ccc(Oc2ccc(F)c3c2CCC3Oc2ccc(C3CC3)cc2)cc1. The maximum Gasteiger partial charge on any atom is 0.131 e. The van der Waals surface area contributed by atoms with Crippen LogP contribution in [0, 0.1) is 5.82 Å². The predicted molar refractivity (Wildman–Crippen MR) is 125 cm³/mol. The molecule has 0 spiro atoms. The lowest BCUT2D eigenvalue weighted by molar-refractivity contribution is 0.0285. The van der Waals surface area contributed by atoms with Gasteiger partial charge in [0.1, 0.15) is 41.5 Å². The summed E-state index contributed by atoms with van der Waals surface area (Å²) in [7, 11) is 0. The van der Waals surface area contributed by atoms with Gasteiger partial charge in [-0.1, -0.05) is 12.1 Å². The minimum atomic E-state index is -0.901. The number of halogens is 1. The molecule has 1 fully saturated rings. The lowest BCUT2D eigenvalue weighted by atomic mass is 10.1. The van der Waals surface area contributed by atoms with Crippen LogP contribution in [-0.2, 0) is 6.42 Å². The van der Waals surface area contributed by atoms with Crippen LogP contribution in [0.25, 0.3) is 0 Å². The van der Waals surface area contributed by atoms with Gasteiger partial charge >= 0.3 is 0 Å². The highest BCUT2D eigenvalue weighted by molar-refractivity contribution is 5.48. The molecule has 0 heterocycles. The largest absolute Gasteiger partial charge is 0.491 e. The fourth-order valence-corrected chi connectivity index (χ4v) is 4.25. The first kappa shape index (κ1) is 21.8. The smallest absolute Gasteiger partial charge is 0.131 e. The average Bonchev–Trinajstić information content (AvgIpc) is 3.55. The molecule has 172 valence electrons. The standard InChI is InChI=1S/C28H29FO4/c1-28(2,30)17-31-20-9-11-22(12-10-20)32-25-16-14-24(29)27-23(25)13-15-26(27)33-21-7-5-19(6-8-21)18-3-4-18/h5-12,14,16,18,26,30H,3-4,13,15,17H2,1-2H3. The van der Waals surface area contributed by atoms with Crippen molar-refractivity contribution in [1.29, 1.82) is 0 Å². The fourth-order valence-electron chi connectivity index (χ4n) is 4.25. The third kappa shape index (κ3) is 5.14. The van der Waals surface area contributed by atoms with Gasteiger partial charge in [0.2, 0.25) is 0 Å². The normalized spacial score (nSPS) is 17.5. The van der Waals surface area contributed by atoms with E-state index in [4.69, 9.17) is 14.2 Å². The van der Waals surface area contributed by atoms with Crippen LogP contribution in [0.15, 0.2) is 60.7 Å². The average molecular weight is 449 g/mol. The van der Waals surface area contributed by atoms with Gasteiger partial charge in [-0.25, -0.2) is 4.39 Å². The summed E-state index contributed by atoms with van der Waals surface area (Å²) >= 11 is 0. The maximum atomic E-state index is 14.8. The number of hydrogen-bond acceptors (Lipinski definition) is 4. The van der Waals surface area contributed by atoms with Gasteiger partial charge in [-0.3, -0.25) is 0 Å². The van der Waals surface area contributed by atoms with E-state index in [1.165, 1.54) is 24.5 Å². The summed E-state index contributed by atoms with van der Waals surface area (Å²) in [6, 6.07) is 18.6. The van der Waals surface area contributed by atoms with Crippen molar-refractivity contribution in [3.63, 3.8) is 0 Å². The first-order valence-electron chi connectivity index (χ1n) is 11.6. The molecule has 5 rings (SSSR count). The zero-order valence-corrected chi connectivity index (χ0v) is 19.0. The molecule has 0 bridgehead atoms. The molecule has 4 nitrogen and oxygen atoms in total. The van der Waals surface area contributed by atoms with Crippen molar-refractivity contribution >= 4 is 0 Å². The zero-order chi connectivity index (χ0) is 23.0. The first-order chi connectivity index (χ1) is 15.9. The predicted octanol–water partition coefficient (Wildman–Crippen LogP) is 6.71. The number of benzene rings is 3. The number of hydrogen-bond donors (Lipinski definition) is 1. The lowest BCUT2D eigenvalue weighted by Crippen LogP contribution is -2.27. The second-order valence-electron chi connectivity index (χ2n) is 9.60. The summed E-state index contributed by atoms with van der Waals surface area (Å²) in [6.07, 6.45) is 3.61. The van der Waals surface area contributed by atoms with E-state index in [2.05, 4.69) is 12.1 Å². The Morgan fingerprint density at radius 2 is 1.55 bits per heavy atom. The van der Waals surface area contributed by atoms with Crippen molar-refractivity contribution < 1.29 is 23.7 Å². The van der Waals surface area contributed by atoms with Crippen LogP contribution in [0.1, 0.15) is 61.8 Å². The molecule has 3 aromatic carbocycles. The Bertz CT molecular complexity index is 1110. The topological polar surface area (TPSA) is 47.9 Å². The van der Waals surface area contributed by atoms with Crippen LogP contribution in [0.4, 0.5) is 4.39 Å². The van der Waals surface area contributed by atoms with Gasteiger partial charge in [0, 0.05) is 11.1 Å². The Morgan fingerprint density at radius 1 is 0.879 bits per heavy atom. The van der Waals surface area contributed by atoms with E-state index in [1.807, 2.05) is 12.1 Å². The molecule has 1 unspecified atom stereocenters. The first-order valence-corrected chi connectivity index (χ1v) is 11.6. The minimum absolute atomic E-state index is 0.198. The quantitative estimate of drug-likeness (QED) is 0.416. The van der Waals surface area contributed by atoms with Crippen molar-refractivity contribution in [2.24, 2.45) is 0 Å². The summed E-state index contributed by atoms with van der Waals surface area (Å²) in [5.74, 6) is 3.14.